The van der Waals surface area contributed by atoms with Gasteiger partial charge in [0.05, 0.1) is 12.1 Å². The third-order valence-corrected chi connectivity index (χ3v) is 2.49. The standard InChI is InChI=1S/C6H14N2O3.C6H12N2O/c7-6(8,5(10)11)3-1-2-4-9;7-5-6(8)3-1-2-4-9/h9H,1-4,7-8H2,(H,10,11);6,9H,1-4,8H2. The van der Waals surface area contributed by atoms with Crippen LogP contribution in [0.3, 0.4) is 0 Å². The summed E-state index contributed by atoms with van der Waals surface area (Å²) in [5.74, 6) is -1.21. The topological polar surface area (TPSA) is 180 Å². The summed E-state index contributed by atoms with van der Waals surface area (Å²) in [6.07, 6.45) is 3.51. The van der Waals surface area contributed by atoms with Crippen molar-refractivity contribution in [2.24, 2.45) is 17.2 Å². The molecule has 0 aromatic heterocycles. The van der Waals surface area contributed by atoms with Crippen LogP contribution >= 0.6 is 0 Å². The van der Waals surface area contributed by atoms with Gasteiger partial charge in [-0.2, -0.15) is 5.26 Å². The van der Waals surface area contributed by atoms with Gasteiger partial charge in [0.25, 0.3) is 0 Å². The quantitative estimate of drug-likeness (QED) is 0.227. The lowest BCUT2D eigenvalue weighted by Crippen LogP contribution is -2.56. The minimum absolute atomic E-state index is 0.0374. The first kappa shape index (κ1) is 21.1. The Morgan fingerprint density at radius 3 is 2.05 bits per heavy atom. The summed E-state index contributed by atoms with van der Waals surface area (Å²) in [6, 6.07) is 1.57. The van der Waals surface area contributed by atoms with E-state index in [1.807, 2.05) is 6.07 Å². The van der Waals surface area contributed by atoms with E-state index in [-0.39, 0.29) is 25.7 Å². The molecule has 118 valence electrons. The van der Waals surface area contributed by atoms with E-state index in [9.17, 15) is 4.79 Å². The molecule has 0 aliphatic carbocycles. The predicted octanol–water partition coefficient (Wildman–Crippen LogP) is -1.15. The molecule has 1 unspecified atom stereocenters. The van der Waals surface area contributed by atoms with Gasteiger partial charge in [-0.3, -0.25) is 0 Å². The summed E-state index contributed by atoms with van der Waals surface area (Å²) < 4.78 is 0. The molecule has 1 atom stereocenters. The fourth-order valence-electron chi connectivity index (χ4n) is 1.18. The molecule has 0 aliphatic rings. The lowest BCUT2D eigenvalue weighted by atomic mass is 10.1. The minimum Gasteiger partial charge on any atom is -0.479 e. The largest absolute Gasteiger partial charge is 0.479 e. The summed E-state index contributed by atoms with van der Waals surface area (Å²) in [4.78, 5) is 10.3. The maximum Gasteiger partial charge on any atom is 0.338 e. The monoisotopic (exact) mass is 290 g/mol. The number of nitrogens with two attached hydrogens (primary N) is 3. The molecule has 8 heteroatoms. The molecule has 0 aromatic rings. The van der Waals surface area contributed by atoms with Crippen LogP contribution in [0, 0.1) is 11.3 Å². The molecular weight excluding hydrogens is 264 g/mol. The number of unbranched alkanes of at least 4 members (excludes halogenated alkanes) is 2. The maximum atomic E-state index is 10.3. The molecule has 0 bridgehead atoms. The summed E-state index contributed by atoms with van der Waals surface area (Å²) >= 11 is 0. The predicted molar refractivity (Wildman–Crippen MR) is 74.2 cm³/mol. The fraction of sp³-hybridized carbons (Fsp3) is 0.833. The SMILES string of the molecule is N#CC(N)CCCCO.NC(N)(CCCCO)C(=O)O. The van der Waals surface area contributed by atoms with Crippen LogP contribution in [-0.2, 0) is 4.79 Å². The Balaban J connectivity index is 0. The first-order valence-corrected chi connectivity index (χ1v) is 6.49. The van der Waals surface area contributed by atoms with E-state index in [1.165, 1.54) is 0 Å². The van der Waals surface area contributed by atoms with Crippen molar-refractivity contribution in [2.45, 2.75) is 50.2 Å². The molecule has 0 fully saturated rings. The van der Waals surface area contributed by atoms with E-state index in [4.69, 9.17) is 37.8 Å². The van der Waals surface area contributed by atoms with Crippen LogP contribution in [0.15, 0.2) is 0 Å². The molecule has 8 nitrogen and oxygen atoms in total. The zero-order valence-corrected chi connectivity index (χ0v) is 11.7. The molecule has 0 amide bonds. The number of aliphatic hydroxyl groups is 2. The van der Waals surface area contributed by atoms with Crippen LogP contribution in [0.1, 0.15) is 38.5 Å². The van der Waals surface area contributed by atoms with Crippen LogP contribution < -0.4 is 17.2 Å². The molecule has 0 rings (SSSR count). The molecule has 0 saturated carbocycles. The number of rotatable bonds is 9. The normalized spacial score (nSPS) is 12.0. The van der Waals surface area contributed by atoms with Crippen molar-refractivity contribution in [1.82, 2.24) is 0 Å². The Morgan fingerprint density at radius 2 is 1.65 bits per heavy atom. The highest BCUT2D eigenvalue weighted by atomic mass is 16.4. The highest BCUT2D eigenvalue weighted by Crippen LogP contribution is 2.04. The Bertz CT molecular complexity index is 292. The zero-order valence-electron chi connectivity index (χ0n) is 11.7. The van der Waals surface area contributed by atoms with Crippen LogP contribution in [0.2, 0.25) is 0 Å². The van der Waals surface area contributed by atoms with Gasteiger partial charge in [0.2, 0.25) is 0 Å². The molecule has 0 spiro atoms. The number of nitriles is 1. The van der Waals surface area contributed by atoms with Gasteiger partial charge in [0, 0.05) is 13.2 Å². The maximum absolute atomic E-state index is 10.3. The average molecular weight is 290 g/mol. The van der Waals surface area contributed by atoms with E-state index in [0.29, 0.717) is 19.3 Å². The Labute approximate surface area is 119 Å². The van der Waals surface area contributed by atoms with E-state index < -0.39 is 11.6 Å². The molecule has 0 aromatic carbocycles. The number of hydrogen-bond acceptors (Lipinski definition) is 7. The lowest BCUT2D eigenvalue weighted by molar-refractivity contribution is -0.143. The Hall–Kier alpha value is -1.24. The van der Waals surface area contributed by atoms with Gasteiger partial charge in [-0.05, 0) is 38.5 Å². The number of carboxylic acids is 1. The summed E-state index contributed by atoms with van der Waals surface area (Å²) in [7, 11) is 0. The first-order valence-electron chi connectivity index (χ1n) is 6.49. The van der Waals surface area contributed by atoms with Crippen molar-refractivity contribution in [2.75, 3.05) is 13.2 Å². The third-order valence-electron chi connectivity index (χ3n) is 2.49. The van der Waals surface area contributed by atoms with Crippen molar-refractivity contribution in [1.29, 1.82) is 5.26 Å². The fourth-order valence-corrected chi connectivity index (χ4v) is 1.18. The summed E-state index contributed by atoms with van der Waals surface area (Å²) in [5.41, 5.74) is 14.0. The van der Waals surface area contributed by atoms with Gasteiger partial charge in [0.15, 0.2) is 5.66 Å². The van der Waals surface area contributed by atoms with Gasteiger partial charge in [-0.25, -0.2) is 4.79 Å². The summed E-state index contributed by atoms with van der Waals surface area (Å²) in [5, 5.41) is 33.3. The highest BCUT2D eigenvalue weighted by molar-refractivity contribution is 5.77. The van der Waals surface area contributed by atoms with Crippen molar-refractivity contribution in [3.8, 4) is 6.07 Å². The highest BCUT2D eigenvalue weighted by Gasteiger charge is 2.27. The molecule has 9 N–H and O–H groups in total. The van der Waals surface area contributed by atoms with Crippen molar-refractivity contribution >= 4 is 5.97 Å². The Morgan fingerprint density at radius 1 is 1.15 bits per heavy atom. The molecule has 0 aliphatic heterocycles. The number of carboxylic acid groups (broad SMARTS) is 1. The van der Waals surface area contributed by atoms with Crippen molar-refractivity contribution < 1.29 is 20.1 Å². The van der Waals surface area contributed by atoms with Crippen LogP contribution in [-0.4, -0.2) is 46.2 Å². The molecular formula is C12H26N4O4. The third kappa shape index (κ3) is 13.2. The lowest BCUT2D eigenvalue weighted by Gasteiger charge is -2.17. The Kier molecular flexibility index (Phi) is 13.5. The number of aliphatic carboxylic acids is 1. The number of aliphatic hydroxyl groups excluding tert-OH is 2. The number of nitrogens with zero attached hydrogens (tertiary/aromatic N) is 1. The first-order chi connectivity index (χ1) is 9.31. The van der Waals surface area contributed by atoms with Gasteiger partial charge in [0.1, 0.15) is 0 Å². The van der Waals surface area contributed by atoms with Gasteiger partial charge in [-0.1, -0.05) is 0 Å². The van der Waals surface area contributed by atoms with Crippen LogP contribution in [0.4, 0.5) is 0 Å². The average Bonchev–Trinajstić information content (AvgIpc) is 2.39. The second kappa shape index (κ2) is 12.8. The minimum atomic E-state index is -1.64. The van der Waals surface area contributed by atoms with E-state index in [2.05, 4.69) is 0 Å². The number of carbonyl (C=O) groups is 1. The van der Waals surface area contributed by atoms with Crippen LogP contribution in [0.25, 0.3) is 0 Å². The zero-order chi connectivity index (χ0) is 16.0. The van der Waals surface area contributed by atoms with Crippen LogP contribution in [0.5, 0.6) is 0 Å². The van der Waals surface area contributed by atoms with E-state index >= 15 is 0 Å². The van der Waals surface area contributed by atoms with Gasteiger partial charge >= 0.3 is 5.97 Å². The molecule has 0 saturated heterocycles. The molecule has 0 heterocycles. The molecule has 20 heavy (non-hydrogen) atoms. The van der Waals surface area contributed by atoms with Gasteiger partial charge in [-0.15, -0.1) is 0 Å². The van der Waals surface area contributed by atoms with Gasteiger partial charge < -0.3 is 32.5 Å². The second-order valence-corrected chi connectivity index (χ2v) is 4.48. The summed E-state index contributed by atoms with van der Waals surface area (Å²) in [6.45, 7) is 0.230. The number of hydrogen-bond donors (Lipinski definition) is 6. The van der Waals surface area contributed by atoms with Crippen molar-refractivity contribution in [3.05, 3.63) is 0 Å². The van der Waals surface area contributed by atoms with Crippen molar-refractivity contribution in [3.63, 3.8) is 0 Å². The van der Waals surface area contributed by atoms with E-state index in [1.54, 1.807) is 0 Å². The smallest absolute Gasteiger partial charge is 0.338 e. The van der Waals surface area contributed by atoms with E-state index in [0.717, 1.165) is 12.8 Å². The second-order valence-electron chi connectivity index (χ2n) is 4.48. The molecule has 0 radical (unpaired) electrons.